The van der Waals surface area contributed by atoms with Gasteiger partial charge in [-0.2, -0.15) is 0 Å². The Hall–Kier alpha value is -3.16. The molecule has 4 rings (SSSR count). The third kappa shape index (κ3) is 4.21. The first-order chi connectivity index (χ1) is 13.7. The number of fused-ring (bicyclic) bond motifs is 1. The van der Waals surface area contributed by atoms with Crippen LogP contribution >= 0.6 is 0 Å². The minimum atomic E-state index is -0.553. The van der Waals surface area contributed by atoms with E-state index in [0.29, 0.717) is 6.42 Å². The van der Waals surface area contributed by atoms with E-state index in [9.17, 15) is 4.79 Å². The Balaban J connectivity index is 1.47. The summed E-state index contributed by atoms with van der Waals surface area (Å²) in [5.41, 5.74) is 6.76. The molecule has 2 aromatic carbocycles. The predicted molar refractivity (Wildman–Crippen MR) is 107 cm³/mol. The van der Waals surface area contributed by atoms with Gasteiger partial charge >= 0.3 is 0 Å². The minimum absolute atomic E-state index is 0.553. The molecule has 0 aliphatic carbocycles. The highest BCUT2D eigenvalue weighted by molar-refractivity contribution is 5.90. The van der Waals surface area contributed by atoms with Gasteiger partial charge < -0.3 is 14.6 Å². The number of aromatic nitrogens is 2. The summed E-state index contributed by atoms with van der Waals surface area (Å²) in [4.78, 5) is 21.5. The van der Waals surface area contributed by atoms with Gasteiger partial charge in [0.15, 0.2) is 0 Å². The van der Waals surface area contributed by atoms with Crippen molar-refractivity contribution in [3.05, 3.63) is 65.5 Å². The Morgan fingerprint density at radius 1 is 1.21 bits per heavy atom. The van der Waals surface area contributed by atoms with Gasteiger partial charge in [0.25, 0.3) is 5.91 Å². The molecule has 144 valence electrons. The van der Waals surface area contributed by atoms with E-state index in [4.69, 9.17) is 14.9 Å². The standard InChI is InChI=1S/C21H22N4O3/c26-21(24-27)8-5-15-1-3-16(4-2-15)13-20-22-18-7-6-17(14-19(18)23-20)25-9-11-28-12-10-25/h1-8,14,27H,9-13H2,(H,22,23)(H,24,26). The van der Waals surface area contributed by atoms with Crippen LogP contribution in [-0.4, -0.2) is 47.4 Å². The Labute approximate surface area is 162 Å². The lowest BCUT2D eigenvalue weighted by atomic mass is 10.1. The molecule has 0 saturated carbocycles. The van der Waals surface area contributed by atoms with Gasteiger partial charge in [0, 0.05) is 31.3 Å². The molecule has 2 heterocycles. The molecule has 0 atom stereocenters. The van der Waals surface area contributed by atoms with Gasteiger partial charge in [-0.1, -0.05) is 24.3 Å². The number of hydrogen-bond acceptors (Lipinski definition) is 5. The van der Waals surface area contributed by atoms with Gasteiger partial charge in [0.05, 0.1) is 24.2 Å². The van der Waals surface area contributed by atoms with E-state index >= 15 is 0 Å². The van der Waals surface area contributed by atoms with Crippen molar-refractivity contribution in [2.75, 3.05) is 31.2 Å². The molecule has 1 fully saturated rings. The molecule has 1 amide bonds. The number of benzene rings is 2. The second-order valence-electron chi connectivity index (χ2n) is 6.71. The number of hydrogen-bond donors (Lipinski definition) is 3. The van der Waals surface area contributed by atoms with Crippen LogP contribution in [0.25, 0.3) is 17.1 Å². The van der Waals surface area contributed by atoms with Crippen LogP contribution in [-0.2, 0) is 16.0 Å². The second kappa shape index (κ2) is 8.24. The average Bonchev–Trinajstić information content (AvgIpc) is 3.15. The first-order valence-electron chi connectivity index (χ1n) is 9.24. The van der Waals surface area contributed by atoms with Crippen molar-refractivity contribution < 1.29 is 14.7 Å². The van der Waals surface area contributed by atoms with Crippen LogP contribution < -0.4 is 10.4 Å². The predicted octanol–water partition coefficient (Wildman–Crippen LogP) is 2.51. The van der Waals surface area contributed by atoms with Crippen LogP contribution in [0, 0.1) is 0 Å². The number of ether oxygens (including phenoxy) is 1. The van der Waals surface area contributed by atoms with Crippen LogP contribution in [0.5, 0.6) is 0 Å². The summed E-state index contributed by atoms with van der Waals surface area (Å²) in [5, 5.41) is 8.50. The van der Waals surface area contributed by atoms with Gasteiger partial charge in [0.2, 0.25) is 0 Å². The lowest BCUT2D eigenvalue weighted by Gasteiger charge is -2.28. The monoisotopic (exact) mass is 378 g/mol. The number of H-pyrrole nitrogens is 1. The maximum absolute atomic E-state index is 11.0. The van der Waals surface area contributed by atoms with E-state index in [1.54, 1.807) is 11.6 Å². The molecule has 28 heavy (non-hydrogen) atoms. The molecule has 7 nitrogen and oxygen atoms in total. The van der Waals surface area contributed by atoms with Crippen LogP contribution in [0.3, 0.4) is 0 Å². The molecule has 1 saturated heterocycles. The zero-order valence-electron chi connectivity index (χ0n) is 15.4. The molecule has 7 heteroatoms. The largest absolute Gasteiger partial charge is 0.378 e. The number of carbonyl (C=O) groups excluding carboxylic acids is 1. The zero-order valence-corrected chi connectivity index (χ0v) is 15.4. The number of morpholine rings is 1. The molecular weight excluding hydrogens is 356 g/mol. The quantitative estimate of drug-likeness (QED) is 0.361. The number of aromatic amines is 1. The highest BCUT2D eigenvalue weighted by Crippen LogP contribution is 2.22. The summed E-state index contributed by atoms with van der Waals surface area (Å²) in [7, 11) is 0. The van der Waals surface area contributed by atoms with Crippen molar-refractivity contribution in [1.29, 1.82) is 0 Å². The van der Waals surface area contributed by atoms with Crippen LogP contribution in [0.2, 0.25) is 0 Å². The van der Waals surface area contributed by atoms with Gasteiger partial charge in [-0.3, -0.25) is 10.0 Å². The lowest BCUT2D eigenvalue weighted by molar-refractivity contribution is -0.124. The third-order valence-electron chi connectivity index (χ3n) is 4.78. The highest BCUT2D eigenvalue weighted by atomic mass is 16.5. The molecule has 0 unspecified atom stereocenters. The van der Waals surface area contributed by atoms with Crippen molar-refractivity contribution in [2.45, 2.75) is 6.42 Å². The maximum Gasteiger partial charge on any atom is 0.267 e. The minimum Gasteiger partial charge on any atom is -0.378 e. The van der Waals surface area contributed by atoms with Crippen molar-refractivity contribution in [1.82, 2.24) is 15.4 Å². The molecule has 3 N–H and O–H groups in total. The molecule has 0 bridgehead atoms. The van der Waals surface area contributed by atoms with E-state index in [1.807, 2.05) is 24.3 Å². The normalized spacial score (nSPS) is 14.7. The summed E-state index contributed by atoms with van der Waals surface area (Å²) in [6.45, 7) is 3.35. The fourth-order valence-electron chi connectivity index (χ4n) is 3.30. The number of carbonyl (C=O) groups is 1. The molecule has 1 aromatic heterocycles. The number of amides is 1. The third-order valence-corrected chi connectivity index (χ3v) is 4.78. The molecular formula is C21H22N4O3. The van der Waals surface area contributed by atoms with Crippen molar-refractivity contribution in [2.24, 2.45) is 0 Å². The molecule has 0 radical (unpaired) electrons. The van der Waals surface area contributed by atoms with Crippen molar-refractivity contribution in [3.8, 4) is 0 Å². The first-order valence-corrected chi connectivity index (χ1v) is 9.24. The maximum atomic E-state index is 11.0. The van der Waals surface area contributed by atoms with E-state index < -0.39 is 5.91 Å². The number of hydroxylamine groups is 1. The Kier molecular flexibility index (Phi) is 5.36. The Morgan fingerprint density at radius 3 is 2.75 bits per heavy atom. The van der Waals surface area contributed by atoms with Crippen LogP contribution in [0.15, 0.2) is 48.5 Å². The van der Waals surface area contributed by atoms with Crippen molar-refractivity contribution in [3.63, 3.8) is 0 Å². The summed E-state index contributed by atoms with van der Waals surface area (Å²) >= 11 is 0. The van der Waals surface area contributed by atoms with Gasteiger partial charge in [-0.15, -0.1) is 0 Å². The van der Waals surface area contributed by atoms with Crippen LogP contribution in [0.4, 0.5) is 5.69 Å². The summed E-state index contributed by atoms with van der Waals surface area (Å²) in [6.07, 6.45) is 3.62. The van der Waals surface area contributed by atoms with Gasteiger partial charge in [-0.05, 0) is 35.4 Å². The number of anilines is 1. The molecule has 1 aliphatic rings. The van der Waals surface area contributed by atoms with E-state index in [2.05, 4.69) is 28.1 Å². The first kappa shape index (κ1) is 18.2. The molecule has 1 aliphatic heterocycles. The number of rotatable bonds is 5. The molecule has 3 aromatic rings. The van der Waals surface area contributed by atoms with E-state index in [0.717, 1.165) is 54.3 Å². The molecule has 0 spiro atoms. The fraction of sp³-hybridized carbons (Fsp3) is 0.238. The second-order valence-corrected chi connectivity index (χ2v) is 6.71. The lowest BCUT2D eigenvalue weighted by Crippen LogP contribution is -2.36. The fourth-order valence-corrected chi connectivity index (χ4v) is 3.30. The van der Waals surface area contributed by atoms with E-state index in [1.165, 1.54) is 11.8 Å². The Morgan fingerprint density at radius 2 is 2.00 bits per heavy atom. The van der Waals surface area contributed by atoms with E-state index in [-0.39, 0.29) is 0 Å². The topological polar surface area (TPSA) is 90.5 Å². The summed E-state index contributed by atoms with van der Waals surface area (Å²) in [5.74, 6) is 0.361. The van der Waals surface area contributed by atoms with Crippen LogP contribution in [0.1, 0.15) is 17.0 Å². The van der Waals surface area contributed by atoms with Gasteiger partial charge in [0.1, 0.15) is 5.82 Å². The SMILES string of the molecule is O=C(C=Cc1ccc(Cc2nc3ccc(N4CCOCC4)cc3[nH]2)cc1)NO. The zero-order chi connectivity index (χ0) is 19.3. The Bertz CT molecular complexity index is 989. The average molecular weight is 378 g/mol. The number of imidazole rings is 1. The summed E-state index contributed by atoms with van der Waals surface area (Å²) in [6, 6.07) is 14.2. The number of nitrogens with zero attached hydrogens (tertiary/aromatic N) is 2. The highest BCUT2D eigenvalue weighted by Gasteiger charge is 2.12. The van der Waals surface area contributed by atoms with Crippen molar-refractivity contribution >= 4 is 28.7 Å². The number of nitrogens with one attached hydrogen (secondary N) is 2. The smallest absolute Gasteiger partial charge is 0.267 e. The summed E-state index contributed by atoms with van der Waals surface area (Å²) < 4.78 is 5.42. The van der Waals surface area contributed by atoms with Gasteiger partial charge in [-0.25, -0.2) is 10.5 Å².